The topological polar surface area (TPSA) is 81.6 Å². The summed E-state index contributed by atoms with van der Waals surface area (Å²) in [5, 5.41) is 0. The summed E-state index contributed by atoms with van der Waals surface area (Å²) < 4.78 is 50.6. The molecule has 1 aliphatic rings. The number of alkyl halides is 3. The number of anilines is 1. The zero-order chi connectivity index (χ0) is 21.5. The molecule has 0 saturated heterocycles. The summed E-state index contributed by atoms with van der Waals surface area (Å²) >= 11 is 0. The van der Waals surface area contributed by atoms with Gasteiger partial charge in [-0.15, -0.1) is 0 Å². The third-order valence-corrected chi connectivity index (χ3v) is 4.32. The van der Waals surface area contributed by atoms with Crippen LogP contribution in [0.1, 0.15) is 26.5 Å². The number of hydrogen-bond donors (Lipinski definition) is 0. The molecule has 0 atom stereocenters. The van der Waals surface area contributed by atoms with E-state index in [0.717, 1.165) is 12.1 Å². The van der Waals surface area contributed by atoms with Gasteiger partial charge in [-0.25, -0.2) is 14.9 Å². The molecule has 0 bridgehead atoms. The van der Waals surface area contributed by atoms with E-state index in [9.17, 15) is 22.8 Å². The fourth-order valence-corrected chi connectivity index (χ4v) is 2.90. The molecule has 30 heavy (non-hydrogen) atoms. The van der Waals surface area contributed by atoms with Gasteiger partial charge in [0, 0.05) is 12.4 Å². The lowest BCUT2D eigenvalue weighted by atomic mass is 10.1. The minimum Gasteiger partial charge on any atom is -0.497 e. The Hall–Kier alpha value is -3.95. The van der Waals surface area contributed by atoms with E-state index in [2.05, 4.69) is 9.97 Å². The van der Waals surface area contributed by atoms with E-state index in [1.807, 2.05) is 0 Å². The van der Waals surface area contributed by atoms with Crippen LogP contribution < -0.4 is 14.4 Å². The highest BCUT2D eigenvalue weighted by Gasteiger charge is 2.42. The molecule has 0 fully saturated rings. The van der Waals surface area contributed by atoms with Crippen LogP contribution in [-0.4, -0.2) is 28.9 Å². The second kappa shape index (κ2) is 7.14. The smallest absolute Gasteiger partial charge is 0.416 e. The molecule has 0 aliphatic carbocycles. The Morgan fingerprint density at radius 1 is 0.867 bits per heavy atom. The molecule has 4 rings (SSSR count). The number of methoxy groups -OCH3 is 1. The second-order valence-electron chi connectivity index (χ2n) is 6.16. The van der Waals surface area contributed by atoms with Gasteiger partial charge < -0.3 is 9.47 Å². The maximum absolute atomic E-state index is 13.3. The molecule has 0 radical (unpaired) electrons. The number of imide groups is 1. The van der Waals surface area contributed by atoms with Crippen molar-refractivity contribution in [1.82, 2.24) is 9.97 Å². The van der Waals surface area contributed by atoms with Crippen LogP contribution in [0.15, 0.2) is 54.9 Å². The van der Waals surface area contributed by atoms with Gasteiger partial charge in [-0.3, -0.25) is 9.59 Å². The van der Waals surface area contributed by atoms with Crippen LogP contribution in [0.25, 0.3) is 0 Å². The molecule has 2 aromatic carbocycles. The average Bonchev–Trinajstić information content (AvgIpc) is 2.99. The minimum absolute atomic E-state index is 0.123. The van der Waals surface area contributed by atoms with Crippen LogP contribution >= 0.6 is 0 Å². The summed E-state index contributed by atoms with van der Waals surface area (Å²) in [6.07, 6.45) is -2.26. The van der Waals surface area contributed by atoms with Gasteiger partial charge in [-0.05, 0) is 42.5 Å². The van der Waals surface area contributed by atoms with Gasteiger partial charge >= 0.3 is 6.18 Å². The predicted octanol–water partition coefficient (Wildman–Crippen LogP) is 4.10. The van der Waals surface area contributed by atoms with Crippen LogP contribution in [0.4, 0.5) is 18.9 Å². The number of hydrogen-bond acceptors (Lipinski definition) is 6. The summed E-state index contributed by atoms with van der Waals surface area (Å²) in [4.78, 5) is 33.6. The molecule has 0 unspecified atom stereocenters. The lowest BCUT2D eigenvalue weighted by molar-refractivity contribution is -0.137. The number of ether oxygens (including phenoxy) is 2. The van der Waals surface area contributed by atoms with Gasteiger partial charge in [-0.2, -0.15) is 13.2 Å². The third kappa shape index (κ3) is 3.32. The Morgan fingerprint density at radius 2 is 1.43 bits per heavy atom. The van der Waals surface area contributed by atoms with Crippen molar-refractivity contribution in [2.45, 2.75) is 6.18 Å². The summed E-state index contributed by atoms with van der Waals surface area (Å²) in [5.41, 5.74) is -1.89. The number of amides is 2. The van der Waals surface area contributed by atoms with Crippen LogP contribution in [0.5, 0.6) is 17.2 Å². The maximum Gasteiger partial charge on any atom is 0.416 e. The van der Waals surface area contributed by atoms with Crippen LogP contribution in [0.3, 0.4) is 0 Å². The second-order valence-corrected chi connectivity index (χ2v) is 6.16. The number of fused-ring (bicyclic) bond motifs is 1. The molecule has 2 heterocycles. The van der Waals surface area contributed by atoms with E-state index in [1.165, 1.54) is 31.6 Å². The highest BCUT2D eigenvalue weighted by Crippen LogP contribution is 2.41. The summed E-state index contributed by atoms with van der Waals surface area (Å²) in [7, 11) is 1.48. The van der Waals surface area contributed by atoms with Crippen molar-refractivity contribution < 1.29 is 32.2 Å². The van der Waals surface area contributed by atoms with Gasteiger partial charge in [0.05, 0.1) is 18.4 Å². The highest BCUT2D eigenvalue weighted by molar-refractivity contribution is 6.33. The molecule has 7 nitrogen and oxygen atoms in total. The van der Waals surface area contributed by atoms with Crippen molar-refractivity contribution in [2.24, 2.45) is 0 Å². The van der Waals surface area contributed by atoms with E-state index < -0.39 is 23.6 Å². The Balaban J connectivity index is 1.80. The van der Waals surface area contributed by atoms with Crippen LogP contribution in [0.2, 0.25) is 0 Å². The van der Waals surface area contributed by atoms with E-state index in [0.29, 0.717) is 16.7 Å². The average molecular weight is 415 g/mol. The van der Waals surface area contributed by atoms with Crippen LogP contribution in [0, 0.1) is 0 Å². The number of halogens is 3. The third-order valence-electron chi connectivity index (χ3n) is 4.32. The van der Waals surface area contributed by atoms with Gasteiger partial charge in [-0.1, -0.05) is 0 Å². The molecular formula is C20H12F3N3O4. The quantitative estimate of drug-likeness (QED) is 0.597. The summed E-state index contributed by atoms with van der Waals surface area (Å²) in [5.74, 6) is -1.08. The summed E-state index contributed by atoms with van der Waals surface area (Å²) in [6, 6.07) is 8.78. The summed E-state index contributed by atoms with van der Waals surface area (Å²) in [6.45, 7) is 0. The fraction of sp³-hybridized carbons (Fsp3) is 0.100. The van der Waals surface area contributed by atoms with E-state index >= 15 is 0 Å². The van der Waals surface area contributed by atoms with E-state index in [1.54, 1.807) is 12.1 Å². The number of aromatic nitrogens is 2. The van der Waals surface area contributed by atoms with Crippen molar-refractivity contribution in [3.05, 3.63) is 71.8 Å². The number of carbonyl (C=O) groups is 2. The first kappa shape index (κ1) is 19.4. The molecule has 3 aromatic rings. The SMILES string of the molecule is COc1ccc(Oc2ccc(C(F)(F)F)cc2N2C(=O)c3nccnc3C2=O)cc1. The van der Waals surface area contributed by atoms with Gasteiger partial charge in [0.1, 0.15) is 11.5 Å². The standard InChI is InChI=1S/C20H12F3N3O4/c1-29-12-3-5-13(6-4-12)30-15-7-2-11(20(21,22)23)10-14(15)26-18(27)16-17(19(26)28)25-9-8-24-16/h2-10H,1H3. The molecule has 1 aliphatic heterocycles. The molecule has 152 valence electrons. The number of benzene rings is 2. The first-order chi connectivity index (χ1) is 14.3. The predicted molar refractivity (Wildman–Crippen MR) is 97.7 cm³/mol. The highest BCUT2D eigenvalue weighted by atomic mass is 19.4. The van der Waals surface area contributed by atoms with Crippen molar-refractivity contribution in [3.63, 3.8) is 0 Å². The zero-order valence-electron chi connectivity index (χ0n) is 15.3. The van der Waals surface area contributed by atoms with Gasteiger partial charge in [0.25, 0.3) is 11.8 Å². The Bertz CT molecular complexity index is 1110. The molecular weight excluding hydrogens is 403 g/mol. The van der Waals surface area contributed by atoms with E-state index in [-0.39, 0.29) is 28.6 Å². The number of carbonyl (C=O) groups excluding carboxylic acids is 2. The number of rotatable bonds is 4. The lowest BCUT2D eigenvalue weighted by Crippen LogP contribution is -2.30. The largest absolute Gasteiger partial charge is 0.497 e. The molecule has 0 spiro atoms. The Kier molecular flexibility index (Phi) is 4.61. The molecule has 10 heteroatoms. The first-order valence-corrected chi connectivity index (χ1v) is 8.52. The van der Waals surface area contributed by atoms with Gasteiger partial charge in [0.2, 0.25) is 0 Å². The first-order valence-electron chi connectivity index (χ1n) is 8.52. The lowest BCUT2D eigenvalue weighted by Gasteiger charge is -2.20. The fourth-order valence-electron chi connectivity index (χ4n) is 2.90. The maximum atomic E-state index is 13.3. The Labute approximate surface area is 167 Å². The van der Waals surface area contributed by atoms with Crippen molar-refractivity contribution in [1.29, 1.82) is 0 Å². The molecule has 0 N–H and O–H groups in total. The monoisotopic (exact) mass is 415 g/mol. The normalized spacial score (nSPS) is 13.4. The van der Waals surface area contributed by atoms with Crippen LogP contribution in [-0.2, 0) is 6.18 Å². The zero-order valence-corrected chi connectivity index (χ0v) is 15.3. The van der Waals surface area contributed by atoms with E-state index in [4.69, 9.17) is 9.47 Å². The van der Waals surface area contributed by atoms with Crippen molar-refractivity contribution in [2.75, 3.05) is 12.0 Å². The molecule has 0 saturated carbocycles. The number of nitrogens with zero attached hydrogens (tertiary/aromatic N) is 3. The minimum atomic E-state index is -4.69. The molecule has 2 amide bonds. The van der Waals surface area contributed by atoms with Crippen molar-refractivity contribution in [3.8, 4) is 17.2 Å². The van der Waals surface area contributed by atoms with Crippen molar-refractivity contribution >= 4 is 17.5 Å². The Morgan fingerprint density at radius 3 is 1.97 bits per heavy atom. The molecule has 1 aromatic heterocycles. The van der Waals surface area contributed by atoms with Gasteiger partial charge in [0.15, 0.2) is 17.1 Å².